The number of nitrogens with one attached hydrogen (secondary N) is 3. The second-order valence-corrected chi connectivity index (χ2v) is 6.53. The largest absolute Gasteiger partial charge is 0.347 e. The number of carbonyl (C=O) groups is 3. The minimum atomic E-state index is -0.283. The zero-order valence-electron chi connectivity index (χ0n) is 14.8. The Morgan fingerprint density at radius 1 is 1.12 bits per heavy atom. The summed E-state index contributed by atoms with van der Waals surface area (Å²) >= 11 is 0. The molecule has 140 valence electrons. The van der Waals surface area contributed by atoms with Crippen LogP contribution >= 0.6 is 0 Å². The van der Waals surface area contributed by atoms with Crippen LogP contribution in [0.1, 0.15) is 24.9 Å². The molecule has 26 heavy (non-hydrogen) atoms. The molecule has 9 heteroatoms. The first-order valence-electron chi connectivity index (χ1n) is 8.76. The van der Waals surface area contributed by atoms with E-state index in [1.54, 1.807) is 22.2 Å². The maximum Gasteiger partial charge on any atom is 0.242 e. The van der Waals surface area contributed by atoms with Crippen molar-refractivity contribution in [3.05, 3.63) is 30.1 Å². The van der Waals surface area contributed by atoms with Crippen molar-refractivity contribution in [1.82, 2.24) is 31.0 Å². The van der Waals surface area contributed by atoms with Crippen LogP contribution < -0.4 is 16.2 Å². The number of carbonyl (C=O) groups excluding carboxylic acids is 3. The molecule has 0 aliphatic carbocycles. The van der Waals surface area contributed by atoms with Gasteiger partial charge in [0.25, 0.3) is 0 Å². The summed E-state index contributed by atoms with van der Waals surface area (Å²) in [7, 11) is 0. The minimum Gasteiger partial charge on any atom is -0.347 e. The zero-order valence-corrected chi connectivity index (χ0v) is 14.8. The van der Waals surface area contributed by atoms with Crippen LogP contribution in [-0.2, 0) is 14.4 Å². The zero-order chi connectivity index (χ0) is 18.5. The molecule has 0 aromatic carbocycles. The van der Waals surface area contributed by atoms with Crippen LogP contribution in [0.15, 0.2) is 24.5 Å². The lowest BCUT2D eigenvalue weighted by molar-refractivity contribution is -0.140. The third kappa shape index (κ3) is 4.36. The number of amides is 3. The molecule has 1 aromatic heterocycles. The highest BCUT2D eigenvalue weighted by Gasteiger charge is 2.34. The Labute approximate surface area is 152 Å². The topological polar surface area (TPSA) is 107 Å². The normalized spacial score (nSPS) is 23.0. The molecule has 3 amide bonds. The van der Waals surface area contributed by atoms with Crippen LogP contribution in [0.25, 0.3) is 0 Å². The molecule has 2 aliphatic rings. The van der Waals surface area contributed by atoms with E-state index < -0.39 is 0 Å². The lowest BCUT2D eigenvalue weighted by Gasteiger charge is -2.35. The fraction of sp³-hybridized carbons (Fsp3) is 0.529. The third-order valence-corrected chi connectivity index (χ3v) is 4.74. The number of hydrazine groups is 1. The molecule has 0 radical (unpaired) electrons. The van der Waals surface area contributed by atoms with Gasteiger partial charge in [-0.3, -0.25) is 19.4 Å². The van der Waals surface area contributed by atoms with Crippen molar-refractivity contribution in [2.24, 2.45) is 0 Å². The summed E-state index contributed by atoms with van der Waals surface area (Å²) in [6.45, 7) is 3.36. The third-order valence-electron chi connectivity index (χ3n) is 4.74. The van der Waals surface area contributed by atoms with Gasteiger partial charge in [0.05, 0.1) is 6.54 Å². The Balaban J connectivity index is 1.47. The van der Waals surface area contributed by atoms with Gasteiger partial charge in [0.2, 0.25) is 17.7 Å². The van der Waals surface area contributed by atoms with E-state index >= 15 is 0 Å². The molecule has 2 aliphatic heterocycles. The van der Waals surface area contributed by atoms with Crippen molar-refractivity contribution in [2.45, 2.75) is 25.4 Å². The monoisotopic (exact) mass is 360 g/mol. The number of hydrogen-bond acceptors (Lipinski definition) is 6. The first-order valence-corrected chi connectivity index (χ1v) is 8.76. The van der Waals surface area contributed by atoms with Gasteiger partial charge in [-0.1, -0.05) is 0 Å². The van der Waals surface area contributed by atoms with Gasteiger partial charge in [-0.2, -0.15) is 0 Å². The maximum atomic E-state index is 12.7. The van der Waals surface area contributed by atoms with E-state index in [1.165, 1.54) is 6.92 Å². The first-order chi connectivity index (χ1) is 12.5. The average molecular weight is 360 g/mol. The Morgan fingerprint density at radius 3 is 2.42 bits per heavy atom. The number of hydrogen-bond donors (Lipinski definition) is 3. The summed E-state index contributed by atoms with van der Waals surface area (Å²) in [5, 5.41) is 2.51. The van der Waals surface area contributed by atoms with Crippen molar-refractivity contribution in [1.29, 1.82) is 0 Å². The van der Waals surface area contributed by atoms with E-state index in [0.717, 1.165) is 5.56 Å². The van der Waals surface area contributed by atoms with Crippen molar-refractivity contribution in [2.75, 3.05) is 32.7 Å². The van der Waals surface area contributed by atoms with E-state index in [-0.39, 0.29) is 36.3 Å². The molecule has 0 bridgehead atoms. The summed E-state index contributed by atoms with van der Waals surface area (Å²) in [6, 6.07) is 3.67. The summed E-state index contributed by atoms with van der Waals surface area (Å²) < 4.78 is 0. The molecule has 2 saturated heterocycles. The lowest BCUT2D eigenvalue weighted by Crippen LogP contribution is -2.55. The maximum absolute atomic E-state index is 12.7. The van der Waals surface area contributed by atoms with Crippen LogP contribution in [0.3, 0.4) is 0 Å². The number of rotatable bonds is 4. The molecule has 0 spiro atoms. The van der Waals surface area contributed by atoms with Crippen LogP contribution in [0.2, 0.25) is 0 Å². The van der Waals surface area contributed by atoms with E-state index in [2.05, 4.69) is 21.2 Å². The number of aromatic nitrogens is 1. The van der Waals surface area contributed by atoms with Crippen molar-refractivity contribution >= 4 is 17.7 Å². The predicted molar refractivity (Wildman–Crippen MR) is 93.5 cm³/mol. The van der Waals surface area contributed by atoms with E-state index in [9.17, 15) is 14.4 Å². The highest BCUT2D eigenvalue weighted by atomic mass is 16.2. The predicted octanol–water partition coefficient (Wildman–Crippen LogP) is -1.20. The molecular formula is C17H24N6O3. The molecule has 1 aromatic rings. The van der Waals surface area contributed by atoms with Gasteiger partial charge >= 0.3 is 0 Å². The van der Waals surface area contributed by atoms with Gasteiger partial charge in [-0.15, -0.1) is 0 Å². The minimum absolute atomic E-state index is 0.00495. The van der Waals surface area contributed by atoms with Crippen LogP contribution in [0.5, 0.6) is 0 Å². The van der Waals surface area contributed by atoms with Crippen LogP contribution in [0.4, 0.5) is 0 Å². The first kappa shape index (κ1) is 18.3. The molecule has 3 rings (SSSR count). The van der Waals surface area contributed by atoms with Gasteiger partial charge < -0.3 is 15.1 Å². The van der Waals surface area contributed by atoms with E-state index in [1.807, 2.05) is 12.1 Å². The Hall–Kier alpha value is -2.52. The van der Waals surface area contributed by atoms with Crippen molar-refractivity contribution in [3.63, 3.8) is 0 Å². The SMILES string of the molecule is CC(=O)NCC(=O)N1CCN(C(=O)C2CC(c3ccncc3)NN2)CC1. The summed E-state index contributed by atoms with van der Waals surface area (Å²) in [4.78, 5) is 43.1. The Morgan fingerprint density at radius 2 is 1.77 bits per heavy atom. The van der Waals surface area contributed by atoms with E-state index in [4.69, 9.17) is 0 Å². The molecule has 9 nitrogen and oxygen atoms in total. The molecule has 2 unspecified atom stereocenters. The van der Waals surface area contributed by atoms with Gasteiger partial charge in [0.15, 0.2) is 0 Å². The Bertz CT molecular complexity index is 660. The summed E-state index contributed by atoms with van der Waals surface area (Å²) in [5.74, 6) is -0.301. The van der Waals surface area contributed by atoms with Crippen molar-refractivity contribution in [3.8, 4) is 0 Å². The fourth-order valence-electron chi connectivity index (χ4n) is 3.24. The van der Waals surface area contributed by atoms with E-state index in [0.29, 0.717) is 32.6 Å². The standard InChI is InChI=1S/C17H24N6O3/c1-12(24)19-11-16(25)22-6-8-23(9-7-22)17(26)15-10-14(20-21-15)13-2-4-18-5-3-13/h2-5,14-15,20-21H,6-11H2,1H3,(H,19,24). The molecule has 2 atom stereocenters. The molecule has 2 fully saturated rings. The smallest absolute Gasteiger partial charge is 0.242 e. The van der Waals surface area contributed by atoms with Gasteiger partial charge in [-0.25, -0.2) is 10.9 Å². The molecule has 0 saturated carbocycles. The van der Waals surface area contributed by atoms with Gasteiger partial charge in [0, 0.05) is 51.5 Å². The summed E-state index contributed by atoms with van der Waals surface area (Å²) in [6.07, 6.45) is 4.15. The second kappa shape index (κ2) is 8.24. The number of nitrogens with zero attached hydrogens (tertiary/aromatic N) is 3. The van der Waals surface area contributed by atoms with Gasteiger partial charge in [0.1, 0.15) is 6.04 Å². The number of piperazine rings is 1. The highest BCUT2D eigenvalue weighted by Crippen LogP contribution is 2.22. The average Bonchev–Trinajstić information content (AvgIpc) is 3.16. The van der Waals surface area contributed by atoms with Gasteiger partial charge in [-0.05, 0) is 24.1 Å². The highest BCUT2D eigenvalue weighted by molar-refractivity contribution is 5.85. The van der Waals surface area contributed by atoms with Crippen LogP contribution in [0, 0.1) is 0 Å². The fourth-order valence-corrected chi connectivity index (χ4v) is 3.24. The Kier molecular flexibility index (Phi) is 5.79. The summed E-state index contributed by atoms with van der Waals surface area (Å²) in [5.41, 5.74) is 7.34. The van der Waals surface area contributed by atoms with Crippen molar-refractivity contribution < 1.29 is 14.4 Å². The second-order valence-electron chi connectivity index (χ2n) is 6.53. The lowest BCUT2D eigenvalue weighted by atomic mass is 10.0. The molecule has 3 heterocycles. The van der Waals surface area contributed by atoms with Crippen LogP contribution in [-0.4, -0.2) is 71.3 Å². The molecule has 3 N–H and O–H groups in total. The molecular weight excluding hydrogens is 336 g/mol. The quantitative estimate of drug-likeness (QED) is 0.623. The number of pyridine rings is 1.